The summed E-state index contributed by atoms with van der Waals surface area (Å²) in [4.78, 5) is 4.85. The van der Waals surface area contributed by atoms with E-state index in [0.717, 1.165) is 38.6 Å². The van der Waals surface area contributed by atoms with Crippen molar-refractivity contribution < 1.29 is 14.6 Å². The van der Waals surface area contributed by atoms with Crippen LogP contribution < -0.4 is 5.43 Å². The number of piperidine rings is 1. The molecule has 0 aromatic rings. The zero-order valence-electron chi connectivity index (χ0n) is 14.7. The number of allylic oxidation sites excluding steroid dienone is 1. The van der Waals surface area contributed by atoms with Gasteiger partial charge in [-0.3, -0.25) is 4.99 Å². The molecule has 2 fully saturated rings. The lowest BCUT2D eigenvalue weighted by Crippen LogP contribution is -2.64. The molecule has 6 heteroatoms. The van der Waals surface area contributed by atoms with Crippen LogP contribution in [0.5, 0.6) is 0 Å². The highest BCUT2D eigenvalue weighted by Crippen LogP contribution is 2.43. The summed E-state index contributed by atoms with van der Waals surface area (Å²) in [5, 5.41) is 20.9. The summed E-state index contributed by atoms with van der Waals surface area (Å²) in [6, 6.07) is 0.325. The molecule has 0 saturated carbocycles. The third kappa shape index (κ3) is 3.05. The minimum Gasteiger partial charge on any atom is -0.480 e. The van der Waals surface area contributed by atoms with Crippen molar-refractivity contribution in [3.63, 3.8) is 0 Å². The Morgan fingerprint density at radius 2 is 2.12 bits per heavy atom. The standard InChI is InChI=1S/C19H28FN3O2/c1-11-9-13(4-5-15(11)20)17-14(3-2-7-21-17)12-6-8-23-16(10-12)18(22-23)19(24)25/h4-5,7,11-17,22,24-25H,2-3,6,8-10H2,1H3/t11-,12+,13?,14-,15?,16?,17?/m0/s1. The third-order valence-electron chi connectivity index (χ3n) is 6.60. The molecule has 3 aliphatic heterocycles. The average Bonchev–Trinajstić information content (AvgIpc) is 2.58. The highest BCUT2D eigenvalue weighted by Gasteiger charge is 2.46. The quantitative estimate of drug-likeness (QED) is 0.529. The number of halogens is 1. The Bertz CT molecular complexity index is 601. The van der Waals surface area contributed by atoms with Gasteiger partial charge in [-0.2, -0.15) is 0 Å². The predicted molar refractivity (Wildman–Crippen MR) is 94.9 cm³/mol. The van der Waals surface area contributed by atoms with E-state index in [1.807, 2.05) is 13.1 Å². The maximum Gasteiger partial charge on any atom is 0.297 e. The Labute approximate surface area is 148 Å². The van der Waals surface area contributed by atoms with Gasteiger partial charge in [0.05, 0.1) is 12.1 Å². The van der Waals surface area contributed by atoms with Crippen molar-refractivity contribution >= 4 is 6.21 Å². The molecule has 0 aromatic carbocycles. The van der Waals surface area contributed by atoms with Crippen molar-refractivity contribution in [2.75, 3.05) is 6.54 Å². The van der Waals surface area contributed by atoms with Crippen LogP contribution in [0.1, 0.15) is 39.0 Å². The first-order valence-corrected chi connectivity index (χ1v) is 9.54. The summed E-state index contributed by atoms with van der Waals surface area (Å²) >= 11 is 0. The fourth-order valence-corrected chi connectivity index (χ4v) is 5.17. The first-order chi connectivity index (χ1) is 12.0. The Morgan fingerprint density at radius 3 is 2.88 bits per heavy atom. The number of nitrogens with one attached hydrogen (secondary N) is 1. The monoisotopic (exact) mass is 349 g/mol. The number of aliphatic hydroxyl groups excluding tert-OH is 1. The predicted octanol–water partition coefficient (Wildman–Crippen LogP) is 3.27. The van der Waals surface area contributed by atoms with Crippen LogP contribution in [0.2, 0.25) is 0 Å². The smallest absolute Gasteiger partial charge is 0.297 e. The molecular formula is C19H28FN3O2. The van der Waals surface area contributed by atoms with Crippen molar-refractivity contribution in [3.8, 4) is 0 Å². The van der Waals surface area contributed by atoms with Gasteiger partial charge in [-0.25, -0.2) is 9.40 Å². The average molecular weight is 349 g/mol. The first-order valence-electron chi connectivity index (χ1n) is 9.54. The second kappa shape index (κ2) is 6.63. The minimum atomic E-state index is -0.827. The van der Waals surface area contributed by atoms with Gasteiger partial charge >= 0.3 is 0 Å². The van der Waals surface area contributed by atoms with Gasteiger partial charge in [0.2, 0.25) is 0 Å². The van der Waals surface area contributed by atoms with Gasteiger partial charge in [0.25, 0.3) is 5.95 Å². The maximum atomic E-state index is 13.8. The SMILES string of the molecule is C[C@H]1CC(C2N=CCC[C@H]2[C@@H]2CCN3NC(=C(O)O)C3C2)C=CC1F. The Kier molecular flexibility index (Phi) is 4.48. The van der Waals surface area contributed by atoms with Crippen LogP contribution in [0.15, 0.2) is 28.8 Å². The molecule has 1 aliphatic carbocycles. The first kappa shape index (κ1) is 16.9. The molecule has 0 radical (unpaired) electrons. The molecule has 4 unspecified atom stereocenters. The van der Waals surface area contributed by atoms with Gasteiger partial charge in [0.1, 0.15) is 11.9 Å². The van der Waals surface area contributed by atoms with E-state index in [1.165, 1.54) is 0 Å². The molecule has 4 aliphatic rings. The zero-order chi connectivity index (χ0) is 17.6. The van der Waals surface area contributed by atoms with Crippen molar-refractivity contribution in [1.82, 2.24) is 10.4 Å². The molecule has 25 heavy (non-hydrogen) atoms. The van der Waals surface area contributed by atoms with Crippen LogP contribution >= 0.6 is 0 Å². The minimum absolute atomic E-state index is 0.0614. The second-order valence-electron chi connectivity index (χ2n) is 8.11. The highest BCUT2D eigenvalue weighted by atomic mass is 19.1. The molecule has 0 aromatic heterocycles. The van der Waals surface area contributed by atoms with E-state index in [-0.39, 0.29) is 18.0 Å². The summed E-state index contributed by atoms with van der Waals surface area (Å²) in [7, 11) is 0. The summed E-state index contributed by atoms with van der Waals surface area (Å²) in [6.45, 7) is 2.91. The van der Waals surface area contributed by atoms with E-state index in [0.29, 0.717) is 23.5 Å². The van der Waals surface area contributed by atoms with E-state index in [2.05, 4.69) is 16.5 Å². The summed E-state index contributed by atoms with van der Waals surface area (Å²) < 4.78 is 13.8. The normalized spacial score (nSPS) is 43.9. The number of hydrazine groups is 1. The lowest BCUT2D eigenvalue weighted by molar-refractivity contribution is -0.0179. The zero-order valence-corrected chi connectivity index (χ0v) is 14.7. The molecule has 4 rings (SSSR count). The van der Waals surface area contributed by atoms with Crippen molar-refractivity contribution in [2.45, 2.75) is 57.3 Å². The van der Waals surface area contributed by atoms with Crippen LogP contribution in [0.4, 0.5) is 4.39 Å². The van der Waals surface area contributed by atoms with Crippen LogP contribution in [0.3, 0.4) is 0 Å². The van der Waals surface area contributed by atoms with Gasteiger partial charge in [-0.1, -0.05) is 19.1 Å². The van der Waals surface area contributed by atoms with Crippen molar-refractivity contribution in [1.29, 1.82) is 0 Å². The fourth-order valence-electron chi connectivity index (χ4n) is 5.17. The number of aliphatic imine (C=N–C) groups is 1. The van der Waals surface area contributed by atoms with Crippen LogP contribution in [-0.4, -0.2) is 46.2 Å². The lowest BCUT2D eigenvalue weighted by atomic mass is 9.68. The number of hydrogen-bond acceptors (Lipinski definition) is 5. The van der Waals surface area contributed by atoms with Crippen molar-refractivity contribution in [3.05, 3.63) is 23.8 Å². The Morgan fingerprint density at radius 1 is 1.28 bits per heavy atom. The summed E-state index contributed by atoms with van der Waals surface area (Å²) in [5.41, 5.74) is 3.57. The number of aliphatic hydroxyl groups is 2. The summed E-state index contributed by atoms with van der Waals surface area (Å²) in [6.07, 6.45) is 10.0. The number of hydrogen-bond donors (Lipinski definition) is 3. The second-order valence-corrected chi connectivity index (χ2v) is 8.11. The molecule has 0 amide bonds. The Hall–Kier alpha value is -1.56. The highest BCUT2D eigenvalue weighted by molar-refractivity contribution is 5.58. The topological polar surface area (TPSA) is 68.1 Å². The molecule has 5 nitrogen and oxygen atoms in total. The number of nitrogens with zero attached hydrogens (tertiary/aromatic N) is 2. The molecule has 0 bridgehead atoms. The van der Waals surface area contributed by atoms with Gasteiger partial charge in [-0.05, 0) is 62.0 Å². The lowest BCUT2D eigenvalue weighted by Gasteiger charge is -2.51. The summed E-state index contributed by atoms with van der Waals surface area (Å²) in [5.74, 6) is 0.812. The van der Waals surface area contributed by atoms with Gasteiger partial charge < -0.3 is 15.6 Å². The van der Waals surface area contributed by atoms with Gasteiger partial charge in [0.15, 0.2) is 0 Å². The van der Waals surface area contributed by atoms with E-state index < -0.39 is 12.1 Å². The Balaban J connectivity index is 1.50. The van der Waals surface area contributed by atoms with Crippen LogP contribution in [0, 0.1) is 23.7 Å². The van der Waals surface area contributed by atoms with E-state index in [4.69, 9.17) is 4.99 Å². The molecule has 7 atom stereocenters. The number of alkyl halides is 1. The van der Waals surface area contributed by atoms with E-state index in [1.54, 1.807) is 6.08 Å². The largest absolute Gasteiger partial charge is 0.480 e. The molecule has 0 spiro atoms. The molecule has 138 valence electrons. The number of fused-ring (bicyclic) bond motifs is 1. The van der Waals surface area contributed by atoms with Crippen LogP contribution in [-0.2, 0) is 0 Å². The van der Waals surface area contributed by atoms with E-state index >= 15 is 0 Å². The molecule has 3 heterocycles. The van der Waals surface area contributed by atoms with E-state index in [9.17, 15) is 14.6 Å². The van der Waals surface area contributed by atoms with Crippen molar-refractivity contribution in [2.24, 2.45) is 28.7 Å². The molecule has 3 N–H and O–H groups in total. The van der Waals surface area contributed by atoms with Gasteiger partial charge in [-0.15, -0.1) is 0 Å². The van der Waals surface area contributed by atoms with Crippen LogP contribution in [0.25, 0.3) is 0 Å². The fraction of sp³-hybridized carbons (Fsp3) is 0.737. The third-order valence-corrected chi connectivity index (χ3v) is 6.60. The van der Waals surface area contributed by atoms with Gasteiger partial charge in [0, 0.05) is 6.54 Å². The molecule has 2 saturated heterocycles. The number of rotatable bonds is 2. The molecular weight excluding hydrogens is 321 g/mol. The maximum absolute atomic E-state index is 13.8.